The van der Waals surface area contributed by atoms with E-state index in [1.165, 1.54) is 11.1 Å². The highest BCUT2D eigenvalue weighted by Gasteiger charge is 2.02. The number of hydrogen-bond acceptors (Lipinski definition) is 2. The molecule has 2 nitrogen and oxygen atoms in total. The lowest BCUT2D eigenvalue weighted by Gasteiger charge is -2.06. The molecule has 0 unspecified atom stereocenters. The van der Waals surface area contributed by atoms with Gasteiger partial charge in [0.15, 0.2) is 0 Å². The third-order valence-electron chi connectivity index (χ3n) is 3.63. The Bertz CT molecular complexity index is 731. The highest BCUT2D eigenvalue weighted by atomic mass is 14.7. The predicted molar refractivity (Wildman–Crippen MR) is 88.1 cm³/mol. The first kappa shape index (κ1) is 13.4. The zero-order valence-electron chi connectivity index (χ0n) is 12.1. The molecular formula is C19H18N2. The number of aryl methyl sites for hydroxylation is 1. The van der Waals surface area contributed by atoms with E-state index in [1.54, 1.807) is 0 Å². The van der Waals surface area contributed by atoms with Crippen molar-refractivity contribution in [2.75, 3.05) is 5.73 Å². The Labute approximate surface area is 125 Å². The van der Waals surface area contributed by atoms with Crippen LogP contribution in [0.3, 0.4) is 0 Å². The van der Waals surface area contributed by atoms with Crippen LogP contribution in [0.4, 0.5) is 5.69 Å². The number of aromatic nitrogens is 1. The van der Waals surface area contributed by atoms with Crippen LogP contribution in [-0.2, 0) is 6.42 Å². The molecule has 0 aliphatic carbocycles. The molecule has 2 N–H and O–H groups in total. The van der Waals surface area contributed by atoms with Gasteiger partial charge in [-0.2, -0.15) is 0 Å². The zero-order chi connectivity index (χ0) is 14.7. The van der Waals surface area contributed by atoms with Crippen molar-refractivity contribution < 1.29 is 0 Å². The molecule has 1 aromatic heterocycles. The molecule has 0 bridgehead atoms. The van der Waals surface area contributed by atoms with Crippen LogP contribution < -0.4 is 5.73 Å². The van der Waals surface area contributed by atoms with Crippen LogP contribution in [0.5, 0.6) is 0 Å². The number of nitrogen functional groups attached to an aromatic ring is 1. The van der Waals surface area contributed by atoms with Gasteiger partial charge in [-0.05, 0) is 36.6 Å². The maximum Gasteiger partial charge on any atom is 0.0706 e. The maximum absolute atomic E-state index is 5.81. The molecule has 2 aromatic carbocycles. The van der Waals surface area contributed by atoms with Crippen LogP contribution in [0.15, 0.2) is 66.7 Å². The summed E-state index contributed by atoms with van der Waals surface area (Å²) in [7, 11) is 0. The van der Waals surface area contributed by atoms with Gasteiger partial charge in [0.25, 0.3) is 0 Å². The summed E-state index contributed by atoms with van der Waals surface area (Å²) in [4.78, 5) is 4.53. The Kier molecular flexibility index (Phi) is 3.69. The van der Waals surface area contributed by atoms with Gasteiger partial charge in [0.2, 0.25) is 0 Å². The van der Waals surface area contributed by atoms with Crippen molar-refractivity contribution in [2.45, 2.75) is 13.3 Å². The van der Waals surface area contributed by atoms with Gasteiger partial charge in [-0.3, -0.25) is 4.98 Å². The van der Waals surface area contributed by atoms with E-state index in [2.05, 4.69) is 53.5 Å². The summed E-state index contributed by atoms with van der Waals surface area (Å²) in [5, 5.41) is 0. The molecule has 104 valence electrons. The molecule has 0 aliphatic rings. The fraction of sp³-hybridized carbons (Fsp3) is 0.105. The van der Waals surface area contributed by atoms with Gasteiger partial charge in [0, 0.05) is 5.56 Å². The molecule has 0 saturated carbocycles. The molecular weight excluding hydrogens is 256 g/mol. The van der Waals surface area contributed by atoms with Crippen LogP contribution in [-0.4, -0.2) is 4.98 Å². The van der Waals surface area contributed by atoms with Crippen molar-refractivity contribution in [3.05, 3.63) is 83.6 Å². The van der Waals surface area contributed by atoms with E-state index in [4.69, 9.17) is 5.73 Å². The molecule has 2 heteroatoms. The van der Waals surface area contributed by atoms with Gasteiger partial charge < -0.3 is 5.73 Å². The number of rotatable bonds is 3. The van der Waals surface area contributed by atoms with Crippen LogP contribution in [0.1, 0.15) is 16.8 Å². The second kappa shape index (κ2) is 5.80. The SMILES string of the molecule is Cc1nc(-c2ccc(Cc3ccccc3)cc2)ccc1N. The minimum Gasteiger partial charge on any atom is -0.397 e. The first-order valence-electron chi connectivity index (χ1n) is 7.09. The normalized spacial score (nSPS) is 10.5. The number of hydrogen-bond donors (Lipinski definition) is 1. The average Bonchev–Trinajstić information content (AvgIpc) is 2.52. The first-order valence-corrected chi connectivity index (χ1v) is 7.09. The van der Waals surface area contributed by atoms with Crippen LogP contribution in [0.2, 0.25) is 0 Å². The van der Waals surface area contributed by atoms with Gasteiger partial charge in [-0.15, -0.1) is 0 Å². The number of pyridine rings is 1. The first-order chi connectivity index (χ1) is 10.2. The number of benzene rings is 2. The topological polar surface area (TPSA) is 38.9 Å². The van der Waals surface area contributed by atoms with E-state index in [1.807, 2.05) is 25.1 Å². The van der Waals surface area contributed by atoms with Crippen molar-refractivity contribution in [3.8, 4) is 11.3 Å². The number of anilines is 1. The van der Waals surface area contributed by atoms with Crippen LogP contribution in [0, 0.1) is 6.92 Å². The van der Waals surface area contributed by atoms with Crippen molar-refractivity contribution in [3.63, 3.8) is 0 Å². The minimum atomic E-state index is 0.736. The van der Waals surface area contributed by atoms with Crippen LogP contribution >= 0.6 is 0 Å². The van der Waals surface area contributed by atoms with Crippen LogP contribution in [0.25, 0.3) is 11.3 Å². The monoisotopic (exact) mass is 274 g/mol. The molecule has 3 rings (SSSR count). The summed E-state index contributed by atoms with van der Waals surface area (Å²) >= 11 is 0. The minimum absolute atomic E-state index is 0.736. The van der Waals surface area contributed by atoms with Gasteiger partial charge in [0.05, 0.1) is 17.1 Å². The van der Waals surface area contributed by atoms with E-state index in [-0.39, 0.29) is 0 Å². The van der Waals surface area contributed by atoms with E-state index >= 15 is 0 Å². The van der Waals surface area contributed by atoms with E-state index in [0.29, 0.717) is 0 Å². The summed E-state index contributed by atoms with van der Waals surface area (Å²) in [6.07, 6.45) is 0.954. The Morgan fingerprint density at radius 2 is 1.48 bits per heavy atom. The highest BCUT2D eigenvalue weighted by molar-refractivity contribution is 5.62. The molecule has 0 amide bonds. The third kappa shape index (κ3) is 3.11. The summed E-state index contributed by atoms with van der Waals surface area (Å²) < 4.78 is 0. The van der Waals surface area contributed by atoms with Crippen molar-refractivity contribution in [1.29, 1.82) is 0 Å². The smallest absolute Gasteiger partial charge is 0.0706 e. The molecule has 3 aromatic rings. The van der Waals surface area contributed by atoms with Crippen molar-refractivity contribution in [2.24, 2.45) is 0 Å². The van der Waals surface area contributed by atoms with Gasteiger partial charge in [0.1, 0.15) is 0 Å². The number of nitrogens with zero attached hydrogens (tertiary/aromatic N) is 1. The second-order valence-corrected chi connectivity index (χ2v) is 5.23. The second-order valence-electron chi connectivity index (χ2n) is 5.23. The summed E-state index contributed by atoms with van der Waals surface area (Å²) in [5.41, 5.74) is 12.1. The molecule has 0 radical (unpaired) electrons. The zero-order valence-corrected chi connectivity index (χ0v) is 12.1. The highest BCUT2D eigenvalue weighted by Crippen LogP contribution is 2.21. The fourth-order valence-electron chi connectivity index (χ4n) is 2.36. The quantitative estimate of drug-likeness (QED) is 0.776. The van der Waals surface area contributed by atoms with Gasteiger partial charge in [-0.1, -0.05) is 54.6 Å². The van der Waals surface area contributed by atoms with Gasteiger partial charge in [-0.25, -0.2) is 0 Å². The fourth-order valence-corrected chi connectivity index (χ4v) is 2.36. The average molecular weight is 274 g/mol. The molecule has 0 saturated heterocycles. The van der Waals surface area contributed by atoms with E-state index in [0.717, 1.165) is 29.1 Å². The lowest BCUT2D eigenvalue weighted by atomic mass is 10.0. The van der Waals surface area contributed by atoms with Gasteiger partial charge >= 0.3 is 0 Å². The summed E-state index contributed by atoms with van der Waals surface area (Å²) in [6, 6.07) is 22.9. The molecule has 0 fully saturated rings. The molecule has 0 spiro atoms. The van der Waals surface area contributed by atoms with E-state index < -0.39 is 0 Å². The Morgan fingerprint density at radius 3 is 2.14 bits per heavy atom. The Hall–Kier alpha value is -2.61. The van der Waals surface area contributed by atoms with Crippen molar-refractivity contribution in [1.82, 2.24) is 4.98 Å². The lowest BCUT2D eigenvalue weighted by molar-refractivity contribution is 1.18. The summed E-state index contributed by atoms with van der Waals surface area (Å²) in [6.45, 7) is 1.93. The predicted octanol–water partition coefficient (Wildman–Crippen LogP) is 4.23. The maximum atomic E-state index is 5.81. The molecule has 1 heterocycles. The lowest BCUT2D eigenvalue weighted by Crippen LogP contribution is -1.94. The molecule has 0 atom stereocenters. The number of nitrogens with two attached hydrogens (primary N) is 1. The van der Waals surface area contributed by atoms with E-state index in [9.17, 15) is 0 Å². The molecule has 21 heavy (non-hydrogen) atoms. The molecule has 0 aliphatic heterocycles. The Morgan fingerprint density at radius 1 is 0.810 bits per heavy atom. The largest absolute Gasteiger partial charge is 0.397 e. The Balaban J connectivity index is 1.82. The standard InChI is InChI=1S/C19H18N2/c1-14-18(20)11-12-19(21-14)17-9-7-16(8-10-17)13-15-5-3-2-4-6-15/h2-12H,13,20H2,1H3. The third-order valence-corrected chi connectivity index (χ3v) is 3.63. The summed E-state index contributed by atoms with van der Waals surface area (Å²) in [5.74, 6) is 0. The van der Waals surface area contributed by atoms with Crippen molar-refractivity contribution >= 4 is 5.69 Å².